The minimum atomic E-state index is -0.121. The zero-order valence-corrected chi connectivity index (χ0v) is 10.1. The Kier molecular flexibility index (Phi) is 5.10. The predicted molar refractivity (Wildman–Crippen MR) is 63.8 cm³/mol. The number of halogens is 2. The lowest BCUT2D eigenvalue weighted by atomic mass is 9.95. The third-order valence-electron chi connectivity index (χ3n) is 2.68. The molecule has 0 radical (unpaired) electrons. The van der Waals surface area contributed by atoms with E-state index in [1.54, 1.807) is 6.07 Å². The molecule has 0 aliphatic carbocycles. The number of hydrogen-bond donors (Lipinski definition) is 0. The van der Waals surface area contributed by atoms with E-state index in [0.29, 0.717) is 5.92 Å². The molecule has 0 saturated carbocycles. The van der Waals surface area contributed by atoms with Crippen molar-refractivity contribution in [3.8, 4) is 0 Å². The monoisotopic (exact) mass is 228 g/mol. The maximum atomic E-state index is 13.4. The summed E-state index contributed by atoms with van der Waals surface area (Å²) in [4.78, 5) is 0. The maximum Gasteiger partial charge on any atom is 0.126 e. The molecule has 0 bridgehead atoms. The van der Waals surface area contributed by atoms with Crippen LogP contribution >= 0.6 is 11.6 Å². The molecule has 2 atom stereocenters. The molecular formula is C13H18ClF. The van der Waals surface area contributed by atoms with Crippen molar-refractivity contribution in [1.82, 2.24) is 0 Å². The van der Waals surface area contributed by atoms with Crippen LogP contribution in [-0.4, -0.2) is 5.38 Å². The van der Waals surface area contributed by atoms with Gasteiger partial charge in [0, 0.05) is 5.38 Å². The summed E-state index contributed by atoms with van der Waals surface area (Å²) in [5.74, 6) is 0.202. The van der Waals surface area contributed by atoms with E-state index in [0.717, 1.165) is 24.8 Å². The Morgan fingerprint density at radius 3 is 2.60 bits per heavy atom. The van der Waals surface area contributed by atoms with Gasteiger partial charge in [-0.2, -0.15) is 0 Å². The van der Waals surface area contributed by atoms with Crippen LogP contribution in [0.2, 0.25) is 0 Å². The standard InChI is InChI=1S/C13H18ClF/c1-3-6-12(14)10(2)9-11-7-4-5-8-13(11)15/h4-5,7-8,10,12H,3,6,9H2,1-2H3. The average molecular weight is 229 g/mol. The minimum Gasteiger partial charge on any atom is -0.207 e. The van der Waals surface area contributed by atoms with E-state index in [-0.39, 0.29) is 11.2 Å². The lowest BCUT2D eigenvalue weighted by Crippen LogP contribution is -2.14. The lowest BCUT2D eigenvalue weighted by Gasteiger charge is -2.17. The fourth-order valence-electron chi connectivity index (χ4n) is 1.70. The van der Waals surface area contributed by atoms with E-state index in [2.05, 4.69) is 13.8 Å². The molecule has 0 aliphatic rings. The van der Waals surface area contributed by atoms with Crippen LogP contribution in [0.1, 0.15) is 32.3 Å². The molecule has 0 N–H and O–H groups in total. The van der Waals surface area contributed by atoms with Gasteiger partial charge in [-0.15, -0.1) is 11.6 Å². The Morgan fingerprint density at radius 2 is 2.00 bits per heavy atom. The zero-order valence-electron chi connectivity index (χ0n) is 9.34. The van der Waals surface area contributed by atoms with Gasteiger partial charge in [-0.1, -0.05) is 38.5 Å². The Labute approximate surface area is 96.5 Å². The summed E-state index contributed by atoms with van der Waals surface area (Å²) >= 11 is 6.21. The molecule has 0 amide bonds. The number of rotatable bonds is 5. The van der Waals surface area contributed by atoms with Gasteiger partial charge in [0.05, 0.1) is 0 Å². The van der Waals surface area contributed by atoms with E-state index >= 15 is 0 Å². The normalized spacial score (nSPS) is 14.9. The largest absolute Gasteiger partial charge is 0.207 e. The first-order valence-electron chi connectivity index (χ1n) is 5.52. The molecule has 0 saturated heterocycles. The van der Waals surface area contributed by atoms with Crippen molar-refractivity contribution in [3.63, 3.8) is 0 Å². The van der Waals surface area contributed by atoms with Gasteiger partial charge in [-0.3, -0.25) is 0 Å². The molecule has 0 aromatic heterocycles. The number of alkyl halides is 1. The molecule has 0 fully saturated rings. The van der Waals surface area contributed by atoms with Crippen LogP contribution in [0.3, 0.4) is 0 Å². The van der Waals surface area contributed by atoms with E-state index in [1.165, 1.54) is 6.07 Å². The minimum absolute atomic E-state index is 0.121. The van der Waals surface area contributed by atoms with Crippen LogP contribution in [0.5, 0.6) is 0 Å². The van der Waals surface area contributed by atoms with E-state index < -0.39 is 0 Å². The summed E-state index contributed by atoms with van der Waals surface area (Å²) in [5.41, 5.74) is 0.770. The average Bonchev–Trinajstić information content (AvgIpc) is 2.21. The SMILES string of the molecule is CCCC(Cl)C(C)Cc1ccccc1F. The summed E-state index contributed by atoms with van der Waals surface area (Å²) in [6.07, 6.45) is 2.80. The third kappa shape index (κ3) is 3.83. The van der Waals surface area contributed by atoms with Crippen LogP contribution in [0, 0.1) is 11.7 Å². The van der Waals surface area contributed by atoms with Gasteiger partial charge in [0.1, 0.15) is 5.82 Å². The van der Waals surface area contributed by atoms with Gasteiger partial charge in [0.25, 0.3) is 0 Å². The number of benzene rings is 1. The lowest BCUT2D eigenvalue weighted by molar-refractivity contribution is 0.497. The second-order valence-corrected chi connectivity index (χ2v) is 4.64. The first-order valence-corrected chi connectivity index (χ1v) is 5.96. The predicted octanol–water partition coefficient (Wildman–Crippen LogP) is 4.41. The molecule has 0 nitrogen and oxygen atoms in total. The molecule has 84 valence electrons. The Bertz CT molecular complexity index is 298. The first-order chi connectivity index (χ1) is 7.15. The first kappa shape index (κ1) is 12.5. The molecule has 2 heteroatoms. The molecule has 2 unspecified atom stereocenters. The van der Waals surface area contributed by atoms with Crippen LogP contribution in [0.25, 0.3) is 0 Å². The van der Waals surface area contributed by atoms with Gasteiger partial charge in [0.15, 0.2) is 0 Å². The highest BCUT2D eigenvalue weighted by Gasteiger charge is 2.15. The van der Waals surface area contributed by atoms with Crippen LogP contribution in [-0.2, 0) is 6.42 Å². The fraction of sp³-hybridized carbons (Fsp3) is 0.538. The summed E-state index contributed by atoms with van der Waals surface area (Å²) in [6.45, 7) is 4.20. The molecule has 0 spiro atoms. The second-order valence-electron chi connectivity index (χ2n) is 4.08. The van der Waals surface area contributed by atoms with Crippen molar-refractivity contribution in [2.24, 2.45) is 5.92 Å². The van der Waals surface area contributed by atoms with Gasteiger partial charge >= 0.3 is 0 Å². The fourth-order valence-corrected chi connectivity index (χ4v) is 2.01. The van der Waals surface area contributed by atoms with Crippen molar-refractivity contribution in [3.05, 3.63) is 35.6 Å². The third-order valence-corrected chi connectivity index (χ3v) is 3.33. The zero-order chi connectivity index (χ0) is 11.3. The number of hydrogen-bond acceptors (Lipinski definition) is 0. The molecule has 1 aromatic rings. The quantitative estimate of drug-likeness (QED) is 0.655. The summed E-state index contributed by atoms with van der Waals surface area (Å²) in [5, 5.41) is 0.148. The van der Waals surface area contributed by atoms with E-state index in [4.69, 9.17) is 11.6 Å². The molecule has 0 heterocycles. The Hall–Kier alpha value is -0.560. The summed E-state index contributed by atoms with van der Waals surface area (Å²) in [7, 11) is 0. The maximum absolute atomic E-state index is 13.4. The van der Waals surface area contributed by atoms with Gasteiger partial charge < -0.3 is 0 Å². The molecule has 0 aliphatic heterocycles. The van der Waals surface area contributed by atoms with Crippen molar-refractivity contribution < 1.29 is 4.39 Å². The van der Waals surface area contributed by atoms with E-state index in [9.17, 15) is 4.39 Å². The summed E-state index contributed by atoms with van der Waals surface area (Å²) in [6, 6.07) is 6.93. The van der Waals surface area contributed by atoms with Crippen molar-refractivity contribution in [2.75, 3.05) is 0 Å². The van der Waals surface area contributed by atoms with E-state index in [1.807, 2.05) is 12.1 Å². The van der Waals surface area contributed by atoms with Crippen molar-refractivity contribution in [1.29, 1.82) is 0 Å². The smallest absolute Gasteiger partial charge is 0.126 e. The van der Waals surface area contributed by atoms with Crippen LogP contribution in [0.15, 0.2) is 24.3 Å². The highest BCUT2D eigenvalue weighted by molar-refractivity contribution is 6.20. The Morgan fingerprint density at radius 1 is 1.33 bits per heavy atom. The molecule has 1 rings (SSSR count). The molecular weight excluding hydrogens is 211 g/mol. The summed E-state index contributed by atoms with van der Waals surface area (Å²) < 4.78 is 13.4. The van der Waals surface area contributed by atoms with Crippen molar-refractivity contribution in [2.45, 2.75) is 38.5 Å². The van der Waals surface area contributed by atoms with Crippen LogP contribution < -0.4 is 0 Å². The van der Waals surface area contributed by atoms with Gasteiger partial charge in [-0.25, -0.2) is 4.39 Å². The molecule has 15 heavy (non-hydrogen) atoms. The highest BCUT2D eigenvalue weighted by Crippen LogP contribution is 2.21. The van der Waals surface area contributed by atoms with Crippen LogP contribution in [0.4, 0.5) is 4.39 Å². The Balaban J connectivity index is 2.58. The van der Waals surface area contributed by atoms with Crippen molar-refractivity contribution >= 4 is 11.6 Å². The van der Waals surface area contributed by atoms with Gasteiger partial charge in [0.2, 0.25) is 0 Å². The topological polar surface area (TPSA) is 0 Å². The highest BCUT2D eigenvalue weighted by atomic mass is 35.5. The van der Waals surface area contributed by atoms with Gasteiger partial charge in [-0.05, 0) is 30.4 Å². The molecule has 1 aromatic carbocycles. The second kappa shape index (κ2) is 6.12.